The molecule has 0 saturated carbocycles. The normalized spacial score (nSPS) is 10.9. The van der Waals surface area contributed by atoms with Crippen molar-refractivity contribution < 1.29 is 4.79 Å². The Morgan fingerprint density at radius 1 is 1.17 bits per heavy atom. The summed E-state index contributed by atoms with van der Waals surface area (Å²) in [6.07, 6.45) is 8.44. The molecule has 0 aliphatic carbocycles. The van der Waals surface area contributed by atoms with Gasteiger partial charge in [0.15, 0.2) is 5.78 Å². The Balaban J connectivity index is 1.47. The summed E-state index contributed by atoms with van der Waals surface area (Å²) in [5, 5.41) is 7.31. The van der Waals surface area contributed by atoms with Crippen LogP contribution < -0.4 is 5.32 Å². The zero-order valence-corrected chi connectivity index (χ0v) is 17.3. The van der Waals surface area contributed by atoms with Gasteiger partial charge in [-0.1, -0.05) is 12.1 Å². The molecule has 0 amide bonds. The minimum Gasteiger partial charge on any atom is -0.348 e. The molecule has 3 aromatic heterocycles. The van der Waals surface area contributed by atoms with Crippen molar-refractivity contribution in [3.05, 3.63) is 78.0 Å². The van der Waals surface area contributed by atoms with E-state index in [4.69, 9.17) is 0 Å². The van der Waals surface area contributed by atoms with E-state index in [1.165, 1.54) is 5.56 Å². The smallest absolute Gasteiger partial charge is 0.227 e. The number of anilines is 2. The van der Waals surface area contributed by atoms with Gasteiger partial charge in [0, 0.05) is 44.7 Å². The molecule has 0 aliphatic rings. The molecule has 0 bridgehead atoms. The first kappa shape index (κ1) is 19.6. The van der Waals surface area contributed by atoms with E-state index < -0.39 is 0 Å². The molecule has 0 saturated heterocycles. The van der Waals surface area contributed by atoms with Gasteiger partial charge in [0.05, 0.1) is 23.3 Å². The summed E-state index contributed by atoms with van der Waals surface area (Å²) >= 11 is 0. The molecule has 0 aliphatic heterocycles. The van der Waals surface area contributed by atoms with Crippen molar-refractivity contribution in [3.63, 3.8) is 0 Å². The molecule has 4 aromatic rings. The summed E-state index contributed by atoms with van der Waals surface area (Å²) < 4.78 is 3.58. The first-order valence-electron chi connectivity index (χ1n) is 9.83. The van der Waals surface area contributed by atoms with Crippen LogP contribution in [0.2, 0.25) is 0 Å². The number of aromatic nitrogens is 5. The van der Waals surface area contributed by atoms with Crippen molar-refractivity contribution in [2.24, 2.45) is 14.1 Å². The number of carbonyl (C=O) groups excluding carboxylic acids is 1. The van der Waals surface area contributed by atoms with Gasteiger partial charge in [-0.15, -0.1) is 0 Å². The van der Waals surface area contributed by atoms with E-state index in [0.29, 0.717) is 18.8 Å². The van der Waals surface area contributed by atoms with Crippen molar-refractivity contribution in [3.8, 4) is 11.3 Å². The third kappa shape index (κ3) is 4.30. The Labute approximate surface area is 175 Å². The molecule has 1 N–H and O–H groups in total. The van der Waals surface area contributed by atoms with Crippen LogP contribution in [0.4, 0.5) is 11.6 Å². The molecule has 1 aromatic carbocycles. The van der Waals surface area contributed by atoms with E-state index in [1.807, 2.05) is 55.3 Å². The number of nitrogens with zero attached hydrogens (tertiary/aromatic N) is 5. The highest BCUT2D eigenvalue weighted by Gasteiger charge is 2.11. The number of Topliss-reactive ketones (excluding diaryl/α,β-unsaturated/α-hetero) is 1. The second-order valence-electron chi connectivity index (χ2n) is 7.36. The van der Waals surface area contributed by atoms with Gasteiger partial charge in [-0.05, 0) is 48.7 Å². The van der Waals surface area contributed by atoms with E-state index >= 15 is 0 Å². The number of hydrogen-bond acceptors (Lipinski definition) is 5. The summed E-state index contributed by atoms with van der Waals surface area (Å²) in [7, 11) is 3.76. The number of rotatable bonds is 7. The maximum absolute atomic E-state index is 12.4. The lowest BCUT2D eigenvalue weighted by Gasteiger charge is -2.10. The number of hydrogen-bond donors (Lipinski definition) is 1. The molecule has 152 valence electrons. The number of benzene rings is 1. The predicted molar refractivity (Wildman–Crippen MR) is 117 cm³/mol. The molecule has 0 unspecified atom stereocenters. The van der Waals surface area contributed by atoms with E-state index in [0.717, 1.165) is 28.2 Å². The van der Waals surface area contributed by atoms with Crippen LogP contribution in [0.3, 0.4) is 0 Å². The lowest BCUT2D eigenvalue weighted by atomic mass is 9.98. The summed E-state index contributed by atoms with van der Waals surface area (Å²) in [5.41, 5.74) is 5.76. The SMILES string of the molecule is Cc1cc(-c2ccnc(Nc3cnn(C)c3)n2)ccc1CCC(=O)c1cccn1C. The van der Waals surface area contributed by atoms with Crippen molar-refractivity contribution in [2.75, 3.05) is 5.32 Å². The van der Waals surface area contributed by atoms with Crippen LogP contribution >= 0.6 is 0 Å². The second-order valence-corrected chi connectivity index (χ2v) is 7.36. The van der Waals surface area contributed by atoms with Gasteiger partial charge in [0.2, 0.25) is 5.95 Å². The maximum Gasteiger partial charge on any atom is 0.227 e. The van der Waals surface area contributed by atoms with Crippen LogP contribution in [0, 0.1) is 6.92 Å². The van der Waals surface area contributed by atoms with E-state index in [9.17, 15) is 4.79 Å². The molecular weight excluding hydrogens is 376 g/mol. The minimum absolute atomic E-state index is 0.160. The van der Waals surface area contributed by atoms with Gasteiger partial charge < -0.3 is 9.88 Å². The minimum atomic E-state index is 0.160. The average molecular weight is 400 g/mol. The highest BCUT2D eigenvalue weighted by Crippen LogP contribution is 2.23. The van der Waals surface area contributed by atoms with Crippen LogP contribution in [0.25, 0.3) is 11.3 Å². The average Bonchev–Trinajstić information content (AvgIpc) is 3.35. The summed E-state index contributed by atoms with van der Waals surface area (Å²) in [5.74, 6) is 0.684. The molecule has 30 heavy (non-hydrogen) atoms. The molecule has 7 heteroatoms. The highest BCUT2D eigenvalue weighted by molar-refractivity contribution is 5.94. The largest absolute Gasteiger partial charge is 0.348 e. The number of ketones is 1. The van der Waals surface area contributed by atoms with Gasteiger partial charge in [-0.3, -0.25) is 9.48 Å². The fourth-order valence-corrected chi connectivity index (χ4v) is 3.46. The number of aryl methyl sites for hydroxylation is 4. The van der Waals surface area contributed by atoms with Crippen LogP contribution in [0.5, 0.6) is 0 Å². The monoisotopic (exact) mass is 400 g/mol. The zero-order chi connectivity index (χ0) is 21.1. The molecule has 4 rings (SSSR count). The van der Waals surface area contributed by atoms with Crippen molar-refractivity contribution in [2.45, 2.75) is 19.8 Å². The van der Waals surface area contributed by atoms with Crippen LogP contribution in [0.1, 0.15) is 28.0 Å². The number of nitrogens with one attached hydrogen (secondary N) is 1. The standard InChI is InChI=1S/C23H24N6O/c1-16-13-18(7-6-17(16)8-9-22(30)21-5-4-12-28(21)2)20-10-11-24-23(27-20)26-19-14-25-29(3)15-19/h4-7,10-15H,8-9H2,1-3H3,(H,24,26,27). The Bertz CT molecular complexity index is 1190. The quantitative estimate of drug-likeness (QED) is 0.473. The van der Waals surface area contributed by atoms with Crippen molar-refractivity contribution in [1.82, 2.24) is 24.3 Å². The second kappa shape index (κ2) is 8.32. The lowest BCUT2D eigenvalue weighted by molar-refractivity contribution is 0.0975. The van der Waals surface area contributed by atoms with Gasteiger partial charge >= 0.3 is 0 Å². The summed E-state index contributed by atoms with van der Waals surface area (Å²) in [6, 6.07) is 11.9. The van der Waals surface area contributed by atoms with E-state index in [2.05, 4.69) is 39.4 Å². The van der Waals surface area contributed by atoms with E-state index in [-0.39, 0.29) is 5.78 Å². The molecule has 0 fully saturated rings. The Morgan fingerprint density at radius 2 is 2.03 bits per heavy atom. The molecule has 3 heterocycles. The first-order chi connectivity index (χ1) is 14.5. The molecular formula is C23H24N6O. The first-order valence-corrected chi connectivity index (χ1v) is 9.83. The van der Waals surface area contributed by atoms with Gasteiger partial charge in [-0.2, -0.15) is 5.10 Å². The molecule has 0 atom stereocenters. The van der Waals surface area contributed by atoms with Crippen molar-refractivity contribution in [1.29, 1.82) is 0 Å². The summed E-state index contributed by atoms with van der Waals surface area (Å²) in [4.78, 5) is 21.3. The topological polar surface area (TPSA) is 77.6 Å². The van der Waals surface area contributed by atoms with Crippen molar-refractivity contribution >= 4 is 17.4 Å². The molecule has 7 nitrogen and oxygen atoms in total. The lowest BCUT2D eigenvalue weighted by Crippen LogP contribution is -2.07. The predicted octanol–water partition coefficient (Wildman–Crippen LogP) is 4.08. The van der Waals surface area contributed by atoms with Gasteiger partial charge in [0.25, 0.3) is 0 Å². The zero-order valence-electron chi connectivity index (χ0n) is 17.3. The number of carbonyl (C=O) groups is 1. The van der Waals surface area contributed by atoms with Crippen LogP contribution in [-0.4, -0.2) is 30.1 Å². The maximum atomic E-state index is 12.4. The third-order valence-corrected chi connectivity index (χ3v) is 5.11. The molecule has 0 radical (unpaired) electrons. The fraction of sp³-hybridized carbons (Fsp3) is 0.217. The Kier molecular flexibility index (Phi) is 5.43. The Morgan fingerprint density at radius 3 is 2.73 bits per heavy atom. The highest BCUT2D eigenvalue weighted by atomic mass is 16.1. The van der Waals surface area contributed by atoms with Crippen LogP contribution in [0.15, 0.2) is 61.2 Å². The summed E-state index contributed by atoms with van der Waals surface area (Å²) in [6.45, 7) is 2.07. The van der Waals surface area contributed by atoms with Gasteiger partial charge in [-0.25, -0.2) is 9.97 Å². The fourth-order valence-electron chi connectivity index (χ4n) is 3.46. The van der Waals surface area contributed by atoms with Gasteiger partial charge in [0.1, 0.15) is 0 Å². The van der Waals surface area contributed by atoms with Crippen LogP contribution in [-0.2, 0) is 20.5 Å². The Hall–Kier alpha value is -3.74. The molecule has 0 spiro atoms. The third-order valence-electron chi connectivity index (χ3n) is 5.11. The van der Waals surface area contributed by atoms with E-state index in [1.54, 1.807) is 17.1 Å².